The van der Waals surface area contributed by atoms with Crippen molar-refractivity contribution in [1.29, 1.82) is 0 Å². The Balaban J connectivity index is 2.16. The molecule has 1 unspecified atom stereocenters. The lowest BCUT2D eigenvalue weighted by Gasteiger charge is -2.20. The second-order valence-electron chi connectivity index (χ2n) is 5.50. The number of hydrogen-bond donors (Lipinski definition) is 0. The van der Waals surface area contributed by atoms with Gasteiger partial charge in [-0.3, -0.25) is 0 Å². The van der Waals surface area contributed by atoms with Crippen LogP contribution in [0.25, 0.3) is 10.8 Å². The summed E-state index contributed by atoms with van der Waals surface area (Å²) in [6.45, 7) is 4.27. The van der Waals surface area contributed by atoms with E-state index in [0.29, 0.717) is 6.61 Å². The Hall–Kier alpha value is -1.26. The molecule has 0 saturated carbocycles. The summed E-state index contributed by atoms with van der Waals surface area (Å²) >= 11 is 0. The molecule has 0 saturated heterocycles. The van der Waals surface area contributed by atoms with Crippen molar-refractivity contribution in [1.82, 2.24) is 0 Å². The first-order chi connectivity index (χ1) is 9.87. The highest BCUT2D eigenvalue weighted by molar-refractivity contribution is 8.13. The Morgan fingerprint density at radius 2 is 1.76 bits per heavy atom. The van der Waals surface area contributed by atoms with Crippen molar-refractivity contribution in [2.45, 2.75) is 13.8 Å². The highest BCUT2D eigenvalue weighted by Gasteiger charge is 2.21. The Morgan fingerprint density at radius 1 is 1.10 bits per heavy atom. The van der Waals surface area contributed by atoms with Gasteiger partial charge in [0.15, 0.2) is 0 Å². The minimum Gasteiger partial charge on any atom is -0.493 e. The fourth-order valence-corrected chi connectivity index (χ4v) is 3.69. The lowest BCUT2D eigenvalue weighted by Crippen LogP contribution is -2.24. The quantitative estimate of drug-likeness (QED) is 0.752. The number of hydrogen-bond acceptors (Lipinski definition) is 3. The highest BCUT2D eigenvalue weighted by Crippen LogP contribution is 2.26. The predicted molar refractivity (Wildman–Crippen MR) is 87.4 cm³/mol. The SMILES string of the molecule is CC(C)C(COc1cccc2ccccc12)CS(=O)(=O)Cl. The molecule has 0 aliphatic rings. The average Bonchev–Trinajstić information content (AvgIpc) is 2.42. The van der Waals surface area contributed by atoms with E-state index in [-0.39, 0.29) is 17.6 Å². The fourth-order valence-electron chi connectivity index (χ4n) is 2.21. The molecule has 1 atom stereocenters. The number of benzene rings is 2. The standard InChI is InChI=1S/C16H19ClO3S/c1-12(2)14(11-21(17,18)19)10-20-16-9-5-7-13-6-3-4-8-15(13)16/h3-9,12,14H,10-11H2,1-2H3. The second kappa shape index (κ2) is 6.67. The fraction of sp³-hybridized carbons (Fsp3) is 0.375. The van der Waals surface area contributed by atoms with Gasteiger partial charge in [0.05, 0.1) is 12.4 Å². The molecule has 0 heterocycles. The van der Waals surface area contributed by atoms with Crippen molar-refractivity contribution in [2.75, 3.05) is 12.4 Å². The topological polar surface area (TPSA) is 43.4 Å². The molecule has 2 aromatic rings. The van der Waals surface area contributed by atoms with E-state index in [0.717, 1.165) is 16.5 Å². The zero-order valence-corrected chi connectivity index (χ0v) is 13.7. The molecule has 5 heteroatoms. The summed E-state index contributed by atoms with van der Waals surface area (Å²) in [5, 5.41) is 2.12. The third-order valence-corrected chi connectivity index (χ3v) is 4.76. The lowest BCUT2D eigenvalue weighted by molar-refractivity contribution is 0.227. The first-order valence-corrected chi connectivity index (χ1v) is 9.37. The summed E-state index contributed by atoms with van der Waals surface area (Å²) in [5.41, 5.74) is 0. The van der Waals surface area contributed by atoms with Crippen LogP contribution in [-0.2, 0) is 9.05 Å². The molecule has 0 N–H and O–H groups in total. The van der Waals surface area contributed by atoms with Gasteiger partial charge in [-0.25, -0.2) is 8.42 Å². The van der Waals surface area contributed by atoms with E-state index in [1.54, 1.807) is 0 Å². The molecule has 114 valence electrons. The van der Waals surface area contributed by atoms with E-state index in [1.807, 2.05) is 56.3 Å². The van der Waals surface area contributed by atoms with Crippen molar-refractivity contribution >= 4 is 30.5 Å². The average molecular weight is 327 g/mol. The summed E-state index contributed by atoms with van der Waals surface area (Å²) in [6.07, 6.45) is 0. The molecule has 0 aliphatic heterocycles. The van der Waals surface area contributed by atoms with Gasteiger partial charge in [0.2, 0.25) is 9.05 Å². The van der Waals surface area contributed by atoms with Crippen LogP contribution in [-0.4, -0.2) is 20.8 Å². The monoisotopic (exact) mass is 326 g/mol. The molecule has 0 aliphatic carbocycles. The zero-order chi connectivity index (χ0) is 15.5. The molecule has 2 aromatic carbocycles. The summed E-state index contributed by atoms with van der Waals surface area (Å²) < 4.78 is 28.4. The first-order valence-electron chi connectivity index (χ1n) is 6.90. The third-order valence-electron chi connectivity index (χ3n) is 3.56. The molecule has 0 spiro atoms. The molecule has 0 bridgehead atoms. The highest BCUT2D eigenvalue weighted by atomic mass is 35.7. The Labute approximate surface area is 130 Å². The number of fused-ring (bicyclic) bond motifs is 1. The van der Waals surface area contributed by atoms with Gasteiger partial charge in [-0.05, 0) is 17.4 Å². The minimum atomic E-state index is -3.52. The van der Waals surface area contributed by atoms with Crippen LogP contribution in [0.4, 0.5) is 0 Å². The summed E-state index contributed by atoms with van der Waals surface area (Å²) in [4.78, 5) is 0. The van der Waals surface area contributed by atoms with Gasteiger partial charge < -0.3 is 4.74 Å². The molecule has 0 amide bonds. The normalized spacial score (nSPS) is 13.5. The second-order valence-corrected chi connectivity index (χ2v) is 8.32. The van der Waals surface area contributed by atoms with Gasteiger partial charge in [-0.15, -0.1) is 0 Å². The van der Waals surface area contributed by atoms with Crippen LogP contribution in [0.15, 0.2) is 42.5 Å². The van der Waals surface area contributed by atoms with E-state index < -0.39 is 9.05 Å². The van der Waals surface area contributed by atoms with Gasteiger partial charge in [-0.2, -0.15) is 0 Å². The van der Waals surface area contributed by atoms with Crippen LogP contribution in [0, 0.1) is 11.8 Å². The molecular formula is C16H19ClO3S. The van der Waals surface area contributed by atoms with Gasteiger partial charge in [-0.1, -0.05) is 50.2 Å². The van der Waals surface area contributed by atoms with Crippen molar-refractivity contribution in [3.63, 3.8) is 0 Å². The van der Waals surface area contributed by atoms with Gasteiger partial charge in [0.25, 0.3) is 0 Å². The summed E-state index contributed by atoms with van der Waals surface area (Å²) in [5.74, 6) is 0.738. The van der Waals surface area contributed by atoms with Crippen molar-refractivity contribution in [3.8, 4) is 5.75 Å². The van der Waals surface area contributed by atoms with Crippen molar-refractivity contribution < 1.29 is 13.2 Å². The molecule has 0 fully saturated rings. The van der Waals surface area contributed by atoms with Crippen LogP contribution in [0.1, 0.15) is 13.8 Å². The maximum atomic E-state index is 11.3. The maximum Gasteiger partial charge on any atom is 0.233 e. The molecule has 3 nitrogen and oxygen atoms in total. The Bertz CT molecular complexity index is 705. The van der Waals surface area contributed by atoms with Crippen LogP contribution < -0.4 is 4.74 Å². The van der Waals surface area contributed by atoms with Gasteiger partial charge >= 0.3 is 0 Å². The van der Waals surface area contributed by atoms with Crippen molar-refractivity contribution in [3.05, 3.63) is 42.5 Å². The van der Waals surface area contributed by atoms with Crippen LogP contribution >= 0.6 is 10.7 Å². The Kier molecular flexibility index (Phi) is 5.12. The Morgan fingerprint density at radius 3 is 2.43 bits per heavy atom. The van der Waals surface area contributed by atoms with E-state index in [1.165, 1.54) is 0 Å². The first kappa shape index (κ1) is 16.1. The predicted octanol–water partition coefficient (Wildman–Crippen LogP) is 4.06. The number of halogens is 1. The van der Waals surface area contributed by atoms with Crippen LogP contribution in [0.2, 0.25) is 0 Å². The van der Waals surface area contributed by atoms with E-state index >= 15 is 0 Å². The van der Waals surface area contributed by atoms with Crippen LogP contribution in [0.5, 0.6) is 5.75 Å². The maximum absolute atomic E-state index is 11.3. The summed E-state index contributed by atoms with van der Waals surface area (Å²) in [7, 11) is 1.84. The molecule has 2 rings (SSSR count). The molecule has 0 radical (unpaired) electrons. The lowest BCUT2D eigenvalue weighted by atomic mass is 9.99. The molecule has 0 aromatic heterocycles. The number of ether oxygens (including phenoxy) is 1. The molecule has 21 heavy (non-hydrogen) atoms. The smallest absolute Gasteiger partial charge is 0.233 e. The van der Waals surface area contributed by atoms with E-state index in [9.17, 15) is 8.42 Å². The van der Waals surface area contributed by atoms with Crippen molar-refractivity contribution in [2.24, 2.45) is 11.8 Å². The van der Waals surface area contributed by atoms with E-state index in [2.05, 4.69) is 0 Å². The minimum absolute atomic E-state index is 0.0724. The van der Waals surface area contributed by atoms with Gasteiger partial charge in [0, 0.05) is 22.0 Å². The van der Waals surface area contributed by atoms with Gasteiger partial charge in [0.1, 0.15) is 5.75 Å². The summed E-state index contributed by atoms with van der Waals surface area (Å²) in [6, 6.07) is 13.8. The van der Waals surface area contributed by atoms with E-state index in [4.69, 9.17) is 15.4 Å². The van der Waals surface area contributed by atoms with Crippen LogP contribution in [0.3, 0.4) is 0 Å². The zero-order valence-electron chi connectivity index (χ0n) is 12.1. The number of rotatable bonds is 6. The molecular weight excluding hydrogens is 308 g/mol. The largest absolute Gasteiger partial charge is 0.493 e. The third kappa shape index (κ3) is 4.61.